The normalized spacial score (nSPS) is 25.0. The van der Waals surface area contributed by atoms with Gasteiger partial charge in [-0.1, -0.05) is 11.6 Å². The van der Waals surface area contributed by atoms with Crippen LogP contribution in [0.1, 0.15) is 19.5 Å². The zero-order valence-corrected chi connectivity index (χ0v) is 12.1. The second-order valence-corrected chi connectivity index (χ2v) is 5.94. The van der Waals surface area contributed by atoms with Crippen LogP contribution < -0.4 is 5.32 Å². The predicted molar refractivity (Wildman–Crippen MR) is 77.5 cm³/mol. The summed E-state index contributed by atoms with van der Waals surface area (Å²) in [7, 11) is 0. The molecule has 1 aliphatic rings. The quantitative estimate of drug-likeness (QED) is 0.914. The number of nitrogens with zero attached hydrogens (tertiary/aromatic N) is 3. The Hall–Kier alpha value is -1.10. The molecule has 1 saturated heterocycles. The molecule has 2 aromatic heterocycles. The zero-order valence-electron chi connectivity index (χ0n) is 11.3. The molecule has 0 bridgehead atoms. The fourth-order valence-electron chi connectivity index (χ4n) is 2.89. The van der Waals surface area contributed by atoms with Crippen LogP contribution in [0.4, 0.5) is 0 Å². The van der Waals surface area contributed by atoms with Crippen LogP contribution in [0, 0.1) is 0 Å². The first-order valence-corrected chi connectivity index (χ1v) is 7.09. The van der Waals surface area contributed by atoms with Crippen LogP contribution in [-0.4, -0.2) is 39.5 Å². The van der Waals surface area contributed by atoms with Gasteiger partial charge in [-0.25, -0.2) is 4.98 Å². The van der Waals surface area contributed by atoms with E-state index in [9.17, 15) is 0 Å². The van der Waals surface area contributed by atoms with Crippen molar-refractivity contribution in [2.24, 2.45) is 0 Å². The minimum Gasteiger partial charge on any atom is -0.309 e. The number of rotatable bonds is 2. The van der Waals surface area contributed by atoms with E-state index in [1.165, 1.54) is 0 Å². The maximum atomic E-state index is 5.99. The van der Waals surface area contributed by atoms with Crippen molar-refractivity contribution in [2.45, 2.75) is 32.5 Å². The number of piperazine rings is 1. The van der Waals surface area contributed by atoms with Gasteiger partial charge in [-0.3, -0.25) is 4.90 Å². The van der Waals surface area contributed by atoms with Gasteiger partial charge in [0.2, 0.25) is 0 Å². The maximum absolute atomic E-state index is 5.99. The Kier molecular flexibility index (Phi) is 3.48. The fraction of sp³-hybridized carbons (Fsp3) is 0.500. The van der Waals surface area contributed by atoms with Crippen LogP contribution in [0.15, 0.2) is 24.5 Å². The standard InChI is InChI=1S/C14H19ClN4/c1-10-5-18(6-11(2)16-10)8-13-9-19-7-12(15)3-4-14(19)17-13/h3-4,7,9-11,16H,5-6,8H2,1-2H3. The molecule has 1 N–H and O–H groups in total. The molecule has 2 aromatic rings. The molecule has 1 aliphatic heterocycles. The number of hydrogen-bond acceptors (Lipinski definition) is 3. The van der Waals surface area contributed by atoms with Gasteiger partial charge in [-0.15, -0.1) is 0 Å². The number of imidazole rings is 1. The summed E-state index contributed by atoms with van der Waals surface area (Å²) in [5, 5.41) is 4.28. The number of pyridine rings is 1. The minimum atomic E-state index is 0.537. The molecule has 0 aliphatic carbocycles. The fourth-order valence-corrected chi connectivity index (χ4v) is 3.06. The molecule has 1 fully saturated rings. The van der Waals surface area contributed by atoms with E-state index in [-0.39, 0.29) is 0 Å². The third-order valence-corrected chi connectivity index (χ3v) is 3.71. The molecule has 2 atom stereocenters. The first-order chi connectivity index (χ1) is 9.10. The molecule has 2 unspecified atom stereocenters. The number of aromatic nitrogens is 2. The molecule has 3 rings (SSSR count). The van der Waals surface area contributed by atoms with Crippen LogP contribution in [0.25, 0.3) is 5.65 Å². The maximum Gasteiger partial charge on any atom is 0.137 e. The molecule has 0 spiro atoms. The first kappa shape index (κ1) is 12.9. The number of halogens is 1. The van der Waals surface area contributed by atoms with Gasteiger partial charge in [-0.2, -0.15) is 0 Å². The lowest BCUT2D eigenvalue weighted by Gasteiger charge is -2.35. The smallest absolute Gasteiger partial charge is 0.137 e. The van der Waals surface area contributed by atoms with Crippen molar-refractivity contribution < 1.29 is 0 Å². The van der Waals surface area contributed by atoms with Crippen molar-refractivity contribution in [1.29, 1.82) is 0 Å². The van der Waals surface area contributed by atoms with Crippen LogP contribution in [0.5, 0.6) is 0 Å². The van der Waals surface area contributed by atoms with Gasteiger partial charge in [0.15, 0.2) is 0 Å². The molecule has 5 heteroatoms. The van der Waals surface area contributed by atoms with Crippen molar-refractivity contribution in [2.75, 3.05) is 13.1 Å². The molecule has 0 amide bonds. The number of nitrogens with one attached hydrogen (secondary N) is 1. The average Bonchev–Trinajstić information content (AvgIpc) is 2.68. The SMILES string of the molecule is CC1CN(Cc2cn3cc(Cl)ccc3n2)CC(C)N1. The van der Waals surface area contributed by atoms with Gasteiger partial charge in [-0.05, 0) is 26.0 Å². The van der Waals surface area contributed by atoms with Gasteiger partial charge >= 0.3 is 0 Å². The van der Waals surface area contributed by atoms with Crippen molar-refractivity contribution in [3.8, 4) is 0 Å². The van der Waals surface area contributed by atoms with Gasteiger partial charge in [0, 0.05) is 44.1 Å². The lowest BCUT2D eigenvalue weighted by Crippen LogP contribution is -2.53. The molecule has 19 heavy (non-hydrogen) atoms. The third kappa shape index (κ3) is 2.91. The molecular formula is C14H19ClN4. The van der Waals surface area contributed by atoms with Gasteiger partial charge in [0.1, 0.15) is 5.65 Å². The number of fused-ring (bicyclic) bond motifs is 1. The Balaban J connectivity index is 1.77. The van der Waals surface area contributed by atoms with E-state index in [4.69, 9.17) is 11.6 Å². The summed E-state index contributed by atoms with van der Waals surface area (Å²) in [5.41, 5.74) is 2.05. The monoisotopic (exact) mass is 278 g/mol. The lowest BCUT2D eigenvalue weighted by atomic mass is 10.1. The minimum absolute atomic E-state index is 0.537. The van der Waals surface area contributed by atoms with Crippen molar-refractivity contribution in [3.63, 3.8) is 0 Å². The molecule has 4 nitrogen and oxygen atoms in total. The van der Waals surface area contributed by atoms with E-state index in [1.807, 2.05) is 22.7 Å². The highest BCUT2D eigenvalue weighted by Crippen LogP contribution is 2.14. The Bertz CT molecular complexity index is 570. The molecular weight excluding hydrogens is 260 g/mol. The molecule has 102 valence electrons. The van der Waals surface area contributed by atoms with Gasteiger partial charge in [0.05, 0.1) is 10.7 Å². The van der Waals surface area contributed by atoms with E-state index in [0.29, 0.717) is 12.1 Å². The van der Waals surface area contributed by atoms with E-state index < -0.39 is 0 Å². The van der Waals surface area contributed by atoms with Crippen LogP contribution in [0.3, 0.4) is 0 Å². The summed E-state index contributed by atoms with van der Waals surface area (Å²) >= 11 is 5.99. The molecule has 0 saturated carbocycles. The topological polar surface area (TPSA) is 32.6 Å². The summed E-state index contributed by atoms with van der Waals surface area (Å²) in [6, 6.07) is 4.91. The van der Waals surface area contributed by atoms with Crippen LogP contribution in [0.2, 0.25) is 5.02 Å². The molecule has 0 aromatic carbocycles. The zero-order chi connectivity index (χ0) is 13.4. The largest absolute Gasteiger partial charge is 0.309 e. The van der Waals surface area contributed by atoms with Crippen molar-refractivity contribution in [1.82, 2.24) is 19.6 Å². The van der Waals surface area contributed by atoms with Gasteiger partial charge < -0.3 is 9.72 Å². The highest BCUT2D eigenvalue weighted by atomic mass is 35.5. The van der Waals surface area contributed by atoms with Gasteiger partial charge in [0.25, 0.3) is 0 Å². The van der Waals surface area contributed by atoms with E-state index in [0.717, 1.165) is 36.0 Å². The Morgan fingerprint density at radius 1 is 1.26 bits per heavy atom. The summed E-state index contributed by atoms with van der Waals surface area (Å²) in [6.45, 7) is 7.49. The molecule has 3 heterocycles. The highest BCUT2D eigenvalue weighted by molar-refractivity contribution is 6.30. The Morgan fingerprint density at radius 2 is 2.00 bits per heavy atom. The average molecular weight is 279 g/mol. The van der Waals surface area contributed by atoms with E-state index in [1.54, 1.807) is 0 Å². The first-order valence-electron chi connectivity index (χ1n) is 6.72. The summed E-state index contributed by atoms with van der Waals surface area (Å²) in [4.78, 5) is 7.09. The second-order valence-electron chi connectivity index (χ2n) is 5.51. The van der Waals surface area contributed by atoms with Crippen LogP contribution >= 0.6 is 11.6 Å². The summed E-state index contributed by atoms with van der Waals surface area (Å²) in [6.07, 6.45) is 3.97. The lowest BCUT2D eigenvalue weighted by molar-refractivity contribution is 0.165. The molecule has 0 radical (unpaired) electrons. The highest BCUT2D eigenvalue weighted by Gasteiger charge is 2.21. The van der Waals surface area contributed by atoms with E-state index in [2.05, 4.69) is 35.2 Å². The third-order valence-electron chi connectivity index (χ3n) is 3.48. The van der Waals surface area contributed by atoms with Crippen LogP contribution in [-0.2, 0) is 6.54 Å². The predicted octanol–water partition coefficient (Wildman–Crippen LogP) is 2.17. The van der Waals surface area contributed by atoms with E-state index >= 15 is 0 Å². The Morgan fingerprint density at radius 3 is 2.74 bits per heavy atom. The Labute approximate surface area is 118 Å². The summed E-state index contributed by atoms with van der Waals surface area (Å²) in [5.74, 6) is 0. The van der Waals surface area contributed by atoms with Crippen molar-refractivity contribution in [3.05, 3.63) is 35.2 Å². The number of hydrogen-bond donors (Lipinski definition) is 1. The summed E-state index contributed by atoms with van der Waals surface area (Å²) < 4.78 is 1.99. The second kappa shape index (κ2) is 5.12. The van der Waals surface area contributed by atoms with Crippen molar-refractivity contribution >= 4 is 17.2 Å².